The first-order valence-corrected chi connectivity index (χ1v) is 6.76. The molecule has 1 unspecified atom stereocenters. The van der Waals surface area contributed by atoms with Crippen LogP contribution in [-0.4, -0.2) is 31.3 Å². The van der Waals surface area contributed by atoms with Crippen LogP contribution < -0.4 is 10.6 Å². The second-order valence-electron chi connectivity index (χ2n) is 5.64. The number of anilines is 1. The van der Waals surface area contributed by atoms with E-state index >= 15 is 0 Å². The fraction of sp³-hybridized carbons (Fsp3) is 0.600. The third-order valence-corrected chi connectivity index (χ3v) is 3.45. The normalized spacial score (nSPS) is 23.1. The van der Waals surface area contributed by atoms with Gasteiger partial charge in [0.1, 0.15) is 0 Å². The molecule has 1 aliphatic rings. The lowest BCUT2D eigenvalue weighted by molar-refractivity contribution is -0.0788. The molecule has 3 heteroatoms. The highest BCUT2D eigenvalue weighted by Crippen LogP contribution is 2.26. The van der Waals surface area contributed by atoms with E-state index in [4.69, 9.17) is 10.5 Å². The molecule has 2 N–H and O–H groups in total. The van der Waals surface area contributed by atoms with Crippen molar-refractivity contribution < 1.29 is 4.74 Å². The fourth-order valence-corrected chi connectivity index (χ4v) is 2.56. The van der Waals surface area contributed by atoms with Crippen LogP contribution in [0.1, 0.15) is 26.3 Å². The summed E-state index contributed by atoms with van der Waals surface area (Å²) < 4.78 is 5.95. The topological polar surface area (TPSA) is 38.5 Å². The molecule has 0 saturated carbocycles. The van der Waals surface area contributed by atoms with Gasteiger partial charge in [-0.1, -0.05) is 19.1 Å². The standard InChI is InChI=1S/C15H24N2O/c1-4-12-5-7-13(8-6-12)17-10-14(9-16)18-15(2,3)11-17/h5-8,14H,4,9-11,16H2,1-3H3. The van der Waals surface area contributed by atoms with E-state index in [2.05, 4.69) is 49.9 Å². The summed E-state index contributed by atoms with van der Waals surface area (Å²) in [5.41, 5.74) is 8.27. The summed E-state index contributed by atoms with van der Waals surface area (Å²) in [5, 5.41) is 0. The van der Waals surface area contributed by atoms with E-state index in [1.807, 2.05) is 0 Å². The first-order valence-electron chi connectivity index (χ1n) is 6.76. The van der Waals surface area contributed by atoms with Crippen molar-refractivity contribution >= 4 is 5.69 Å². The third-order valence-electron chi connectivity index (χ3n) is 3.45. The average Bonchev–Trinajstić information content (AvgIpc) is 2.37. The largest absolute Gasteiger partial charge is 0.367 e. The van der Waals surface area contributed by atoms with Crippen molar-refractivity contribution in [3.63, 3.8) is 0 Å². The van der Waals surface area contributed by atoms with Gasteiger partial charge in [-0.15, -0.1) is 0 Å². The number of hydrogen-bond acceptors (Lipinski definition) is 3. The summed E-state index contributed by atoms with van der Waals surface area (Å²) in [6.07, 6.45) is 1.21. The molecule has 0 amide bonds. The van der Waals surface area contributed by atoms with Gasteiger partial charge in [0, 0.05) is 25.3 Å². The lowest BCUT2D eigenvalue weighted by Crippen LogP contribution is -2.54. The zero-order valence-corrected chi connectivity index (χ0v) is 11.6. The molecular weight excluding hydrogens is 224 g/mol. The second kappa shape index (κ2) is 5.29. The van der Waals surface area contributed by atoms with Gasteiger partial charge in [-0.3, -0.25) is 0 Å². The quantitative estimate of drug-likeness (QED) is 0.891. The van der Waals surface area contributed by atoms with Gasteiger partial charge < -0.3 is 15.4 Å². The van der Waals surface area contributed by atoms with Crippen LogP contribution in [-0.2, 0) is 11.2 Å². The lowest BCUT2D eigenvalue weighted by atomic mass is 10.0. The molecule has 0 aliphatic carbocycles. The van der Waals surface area contributed by atoms with Gasteiger partial charge in [0.15, 0.2) is 0 Å². The van der Waals surface area contributed by atoms with Gasteiger partial charge in [0.2, 0.25) is 0 Å². The van der Waals surface area contributed by atoms with E-state index in [9.17, 15) is 0 Å². The molecule has 0 radical (unpaired) electrons. The number of hydrogen-bond donors (Lipinski definition) is 1. The number of nitrogens with two attached hydrogens (primary N) is 1. The van der Waals surface area contributed by atoms with Crippen LogP contribution in [0.25, 0.3) is 0 Å². The number of morpholine rings is 1. The van der Waals surface area contributed by atoms with Gasteiger partial charge in [-0.25, -0.2) is 0 Å². The maximum Gasteiger partial charge on any atom is 0.0879 e. The predicted octanol–water partition coefficient (Wildman–Crippen LogP) is 2.19. The molecular formula is C15H24N2O. The summed E-state index contributed by atoms with van der Waals surface area (Å²) >= 11 is 0. The lowest BCUT2D eigenvalue weighted by Gasteiger charge is -2.43. The van der Waals surface area contributed by atoms with E-state index in [1.165, 1.54) is 11.3 Å². The Morgan fingerprint density at radius 2 is 2.00 bits per heavy atom. The third kappa shape index (κ3) is 3.03. The van der Waals surface area contributed by atoms with Crippen molar-refractivity contribution in [2.75, 3.05) is 24.5 Å². The molecule has 3 nitrogen and oxygen atoms in total. The Hall–Kier alpha value is -1.06. The molecule has 1 aromatic carbocycles. The Labute approximate surface area is 110 Å². The fourth-order valence-electron chi connectivity index (χ4n) is 2.56. The number of rotatable bonds is 3. The Morgan fingerprint density at radius 1 is 1.33 bits per heavy atom. The predicted molar refractivity (Wildman–Crippen MR) is 76.0 cm³/mol. The van der Waals surface area contributed by atoms with Crippen LogP contribution in [0.2, 0.25) is 0 Å². The zero-order valence-electron chi connectivity index (χ0n) is 11.6. The second-order valence-corrected chi connectivity index (χ2v) is 5.64. The number of aryl methyl sites for hydroxylation is 1. The van der Waals surface area contributed by atoms with E-state index in [0.29, 0.717) is 6.54 Å². The molecule has 1 aromatic rings. The highest BCUT2D eigenvalue weighted by atomic mass is 16.5. The molecule has 1 fully saturated rings. The minimum atomic E-state index is -0.133. The Balaban J connectivity index is 2.15. The van der Waals surface area contributed by atoms with Gasteiger partial charge in [-0.2, -0.15) is 0 Å². The maximum absolute atomic E-state index is 5.95. The van der Waals surface area contributed by atoms with Gasteiger partial charge in [0.05, 0.1) is 11.7 Å². The molecule has 1 heterocycles. The van der Waals surface area contributed by atoms with E-state index in [1.54, 1.807) is 0 Å². The summed E-state index contributed by atoms with van der Waals surface area (Å²) in [5.74, 6) is 0. The molecule has 1 saturated heterocycles. The number of ether oxygens (including phenoxy) is 1. The summed E-state index contributed by atoms with van der Waals surface area (Å²) in [7, 11) is 0. The highest BCUT2D eigenvalue weighted by molar-refractivity contribution is 5.48. The van der Waals surface area contributed by atoms with E-state index in [-0.39, 0.29) is 11.7 Å². The van der Waals surface area contributed by atoms with Crippen LogP contribution in [0.5, 0.6) is 0 Å². The monoisotopic (exact) mass is 248 g/mol. The minimum absolute atomic E-state index is 0.125. The van der Waals surface area contributed by atoms with Gasteiger partial charge in [-0.05, 0) is 38.0 Å². The van der Waals surface area contributed by atoms with Crippen molar-refractivity contribution in [2.24, 2.45) is 5.73 Å². The van der Waals surface area contributed by atoms with Crippen LogP contribution >= 0.6 is 0 Å². The highest BCUT2D eigenvalue weighted by Gasteiger charge is 2.32. The maximum atomic E-state index is 5.95. The van der Waals surface area contributed by atoms with Crippen molar-refractivity contribution in [2.45, 2.75) is 38.9 Å². The molecule has 0 bridgehead atoms. The summed E-state index contributed by atoms with van der Waals surface area (Å²) in [6.45, 7) is 8.80. The van der Waals surface area contributed by atoms with Crippen molar-refractivity contribution in [1.82, 2.24) is 0 Å². The summed E-state index contributed by atoms with van der Waals surface area (Å²) in [6, 6.07) is 8.81. The average molecular weight is 248 g/mol. The molecule has 0 aromatic heterocycles. The molecule has 100 valence electrons. The Bertz CT molecular complexity index is 386. The first kappa shape index (κ1) is 13.4. The minimum Gasteiger partial charge on any atom is -0.367 e. The van der Waals surface area contributed by atoms with Gasteiger partial charge >= 0.3 is 0 Å². The van der Waals surface area contributed by atoms with Crippen LogP contribution in [0.4, 0.5) is 5.69 Å². The number of nitrogens with zero attached hydrogens (tertiary/aromatic N) is 1. The SMILES string of the molecule is CCc1ccc(N2CC(CN)OC(C)(C)C2)cc1. The van der Waals surface area contributed by atoms with Crippen LogP contribution in [0.15, 0.2) is 24.3 Å². The van der Waals surface area contributed by atoms with Crippen LogP contribution in [0, 0.1) is 0 Å². The zero-order chi connectivity index (χ0) is 13.2. The molecule has 1 aliphatic heterocycles. The van der Waals surface area contributed by atoms with Crippen molar-refractivity contribution in [1.29, 1.82) is 0 Å². The summed E-state index contributed by atoms with van der Waals surface area (Å²) in [4.78, 5) is 2.38. The Kier molecular flexibility index (Phi) is 3.93. The first-order chi connectivity index (χ1) is 8.54. The van der Waals surface area contributed by atoms with Crippen molar-refractivity contribution in [3.05, 3.63) is 29.8 Å². The van der Waals surface area contributed by atoms with E-state index in [0.717, 1.165) is 19.5 Å². The molecule has 2 rings (SSSR count). The smallest absolute Gasteiger partial charge is 0.0879 e. The Morgan fingerprint density at radius 3 is 2.56 bits per heavy atom. The molecule has 18 heavy (non-hydrogen) atoms. The molecule has 0 spiro atoms. The van der Waals surface area contributed by atoms with Gasteiger partial charge in [0.25, 0.3) is 0 Å². The molecule has 1 atom stereocenters. The van der Waals surface area contributed by atoms with E-state index < -0.39 is 0 Å². The number of benzene rings is 1. The van der Waals surface area contributed by atoms with Crippen molar-refractivity contribution in [3.8, 4) is 0 Å². The van der Waals surface area contributed by atoms with Crippen LogP contribution in [0.3, 0.4) is 0 Å².